The number of para-hydroxylation sites is 1. The van der Waals surface area contributed by atoms with Crippen LogP contribution in [0.25, 0.3) is 22.8 Å². The fraction of sp³-hybridized carbons (Fsp3) is 0.345. The van der Waals surface area contributed by atoms with Crippen LogP contribution in [0.15, 0.2) is 42.5 Å². The number of anilines is 1. The number of aromatic amines is 1. The van der Waals surface area contributed by atoms with E-state index in [4.69, 9.17) is 9.47 Å². The van der Waals surface area contributed by atoms with Crippen LogP contribution in [0.4, 0.5) is 5.69 Å². The summed E-state index contributed by atoms with van der Waals surface area (Å²) in [5, 5.41) is 3.05. The van der Waals surface area contributed by atoms with E-state index in [1.165, 1.54) is 16.8 Å². The summed E-state index contributed by atoms with van der Waals surface area (Å²) >= 11 is 0. The third-order valence-electron chi connectivity index (χ3n) is 7.15. The molecule has 5 rings (SSSR count). The molecule has 0 bridgehead atoms. The molecule has 3 aromatic rings. The number of carbonyl (C=O) groups is 1. The summed E-state index contributed by atoms with van der Waals surface area (Å²) in [4.78, 5) is 18.9. The molecule has 0 atom stereocenters. The van der Waals surface area contributed by atoms with Crippen LogP contribution in [-0.4, -0.2) is 55.7 Å². The molecular weight excluding hydrogens is 438 g/mol. The van der Waals surface area contributed by atoms with Gasteiger partial charge in [0.05, 0.1) is 25.9 Å². The number of nitrogens with zero attached hydrogens (tertiary/aromatic N) is 1. The molecule has 1 aromatic heterocycles. The molecule has 6 nitrogen and oxygen atoms in total. The summed E-state index contributed by atoms with van der Waals surface area (Å²) in [5.41, 5.74) is 9.23. The number of benzene rings is 2. The van der Waals surface area contributed by atoms with E-state index in [1.807, 2.05) is 42.5 Å². The van der Waals surface area contributed by atoms with Crippen molar-refractivity contribution in [2.24, 2.45) is 0 Å². The molecule has 3 heterocycles. The average molecular weight is 472 g/mol. The van der Waals surface area contributed by atoms with Crippen molar-refractivity contribution in [1.82, 2.24) is 9.88 Å². The normalized spacial score (nSPS) is 17.0. The molecule has 2 aliphatic rings. The SMILES string of the molecule is COc1ccccc1-c1ccc2c(c1)NC(=O)C2=Cc1[nH]c(C)c(CCCN2CCOCC2)c1C. The minimum absolute atomic E-state index is 0.0716. The van der Waals surface area contributed by atoms with Gasteiger partial charge in [-0.25, -0.2) is 0 Å². The van der Waals surface area contributed by atoms with Gasteiger partial charge in [-0.05, 0) is 68.1 Å². The molecule has 1 fully saturated rings. The summed E-state index contributed by atoms with van der Waals surface area (Å²) in [7, 11) is 1.67. The molecule has 35 heavy (non-hydrogen) atoms. The van der Waals surface area contributed by atoms with Gasteiger partial charge in [0, 0.05) is 41.3 Å². The maximum atomic E-state index is 12.9. The Morgan fingerprint density at radius 1 is 1.09 bits per heavy atom. The van der Waals surface area contributed by atoms with Crippen LogP contribution in [0.3, 0.4) is 0 Å². The number of rotatable bonds is 7. The molecule has 182 valence electrons. The van der Waals surface area contributed by atoms with Crippen molar-refractivity contribution in [3.63, 3.8) is 0 Å². The van der Waals surface area contributed by atoms with E-state index in [9.17, 15) is 4.79 Å². The summed E-state index contributed by atoms with van der Waals surface area (Å²) < 4.78 is 11.0. The second-order valence-corrected chi connectivity index (χ2v) is 9.30. The lowest BCUT2D eigenvalue weighted by Crippen LogP contribution is -2.36. The molecule has 2 aliphatic heterocycles. The fourth-order valence-corrected chi connectivity index (χ4v) is 5.17. The predicted molar refractivity (Wildman–Crippen MR) is 141 cm³/mol. The van der Waals surface area contributed by atoms with Crippen LogP contribution in [0, 0.1) is 13.8 Å². The van der Waals surface area contributed by atoms with Gasteiger partial charge in [-0.3, -0.25) is 9.69 Å². The van der Waals surface area contributed by atoms with E-state index in [2.05, 4.69) is 35.1 Å². The zero-order valence-electron chi connectivity index (χ0n) is 20.7. The van der Waals surface area contributed by atoms with Crippen LogP contribution in [-0.2, 0) is 16.0 Å². The summed E-state index contributed by atoms with van der Waals surface area (Å²) in [6.07, 6.45) is 4.14. The monoisotopic (exact) mass is 471 g/mol. The van der Waals surface area contributed by atoms with Gasteiger partial charge in [0.25, 0.3) is 5.91 Å². The topological polar surface area (TPSA) is 66.6 Å². The summed E-state index contributed by atoms with van der Waals surface area (Å²) in [6, 6.07) is 14.0. The Bertz CT molecular complexity index is 1270. The zero-order chi connectivity index (χ0) is 24.4. The van der Waals surface area contributed by atoms with Gasteiger partial charge in [0.2, 0.25) is 0 Å². The smallest absolute Gasteiger partial charge is 0.256 e. The standard InChI is InChI=1S/C29H33N3O3/c1-19-22(8-6-12-32-13-15-35-16-14-32)20(2)30-26(19)18-25-24-11-10-21(17-27(24)31-29(25)33)23-7-4-5-9-28(23)34-3/h4-5,7,9-11,17-18,30H,6,8,12-16H2,1-3H3,(H,31,33). The van der Waals surface area contributed by atoms with E-state index in [0.29, 0.717) is 5.57 Å². The second kappa shape index (κ2) is 10.1. The van der Waals surface area contributed by atoms with Crippen LogP contribution < -0.4 is 10.1 Å². The number of methoxy groups -OCH3 is 1. The van der Waals surface area contributed by atoms with E-state index in [-0.39, 0.29) is 5.91 Å². The van der Waals surface area contributed by atoms with Crippen molar-refractivity contribution in [1.29, 1.82) is 0 Å². The first-order valence-corrected chi connectivity index (χ1v) is 12.3. The first kappa shape index (κ1) is 23.4. The minimum Gasteiger partial charge on any atom is -0.496 e. The molecule has 0 saturated carbocycles. The molecule has 2 aromatic carbocycles. The molecule has 1 amide bonds. The molecule has 0 aliphatic carbocycles. The Labute approximate surface area is 206 Å². The number of aromatic nitrogens is 1. The van der Waals surface area contributed by atoms with Crippen molar-refractivity contribution in [3.05, 3.63) is 70.5 Å². The summed E-state index contributed by atoms with van der Waals surface area (Å²) in [6.45, 7) is 9.09. The van der Waals surface area contributed by atoms with Crippen LogP contribution in [0.5, 0.6) is 5.75 Å². The molecule has 0 radical (unpaired) electrons. The van der Waals surface area contributed by atoms with Gasteiger partial charge in [0.1, 0.15) is 5.75 Å². The molecule has 1 saturated heterocycles. The number of morpholine rings is 1. The highest BCUT2D eigenvalue weighted by Gasteiger charge is 2.25. The maximum Gasteiger partial charge on any atom is 0.256 e. The molecule has 2 N–H and O–H groups in total. The second-order valence-electron chi connectivity index (χ2n) is 9.30. The van der Waals surface area contributed by atoms with E-state index >= 15 is 0 Å². The van der Waals surface area contributed by atoms with Gasteiger partial charge < -0.3 is 19.8 Å². The van der Waals surface area contributed by atoms with Crippen LogP contribution in [0.1, 0.15) is 34.5 Å². The van der Waals surface area contributed by atoms with Gasteiger partial charge in [0.15, 0.2) is 0 Å². The highest BCUT2D eigenvalue weighted by Crippen LogP contribution is 2.39. The number of amides is 1. The van der Waals surface area contributed by atoms with Crippen molar-refractivity contribution >= 4 is 23.2 Å². The third kappa shape index (κ3) is 4.77. The maximum absolute atomic E-state index is 12.9. The Kier molecular flexibility index (Phi) is 6.75. The first-order chi connectivity index (χ1) is 17.0. The Balaban J connectivity index is 1.37. The average Bonchev–Trinajstić information content (AvgIpc) is 3.34. The number of hydrogen-bond acceptors (Lipinski definition) is 4. The van der Waals surface area contributed by atoms with Crippen LogP contribution >= 0.6 is 0 Å². The van der Waals surface area contributed by atoms with Crippen LogP contribution in [0.2, 0.25) is 0 Å². The molecular formula is C29H33N3O3. The number of nitrogens with one attached hydrogen (secondary N) is 2. The lowest BCUT2D eigenvalue weighted by atomic mass is 9.98. The Morgan fingerprint density at radius 3 is 2.69 bits per heavy atom. The van der Waals surface area contributed by atoms with Crippen molar-refractivity contribution in [3.8, 4) is 16.9 Å². The minimum atomic E-state index is -0.0716. The van der Waals surface area contributed by atoms with Gasteiger partial charge in [-0.15, -0.1) is 0 Å². The Hall–Kier alpha value is -3.35. The lowest BCUT2D eigenvalue weighted by molar-refractivity contribution is -0.110. The number of aryl methyl sites for hydroxylation is 1. The highest BCUT2D eigenvalue weighted by molar-refractivity contribution is 6.35. The number of hydrogen-bond donors (Lipinski definition) is 2. The van der Waals surface area contributed by atoms with E-state index in [0.717, 1.165) is 79.5 Å². The third-order valence-corrected chi connectivity index (χ3v) is 7.15. The predicted octanol–water partition coefficient (Wildman–Crippen LogP) is 5.06. The largest absolute Gasteiger partial charge is 0.496 e. The van der Waals surface area contributed by atoms with Gasteiger partial charge in [-0.1, -0.05) is 30.3 Å². The number of fused-ring (bicyclic) bond motifs is 1. The lowest BCUT2D eigenvalue weighted by Gasteiger charge is -2.26. The van der Waals surface area contributed by atoms with Gasteiger partial charge >= 0.3 is 0 Å². The molecule has 6 heteroatoms. The summed E-state index contributed by atoms with van der Waals surface area (Å²) in [5.74, 6) is 0.740. The fourth-order valence-electron chi connectivity index (χ4n) is 5.17. The zero-order valence-corrected chi connectivity index (χ0v) is 20.7. The van der Waals surface area contributed by atoms with Crippen molar-refractivity contribution in [2.75, 3.05) is 45.3 Å². The molecule has 0 unspecified atom stereocenters. The van der Waals surface area contributed by atoms with Crippen molar-refractivity contribution < 1.29 is 14.3 Å². The quantitative estimate of drug-likeness (QED) is 0.473. The van der Waals surface area contributed by atoms with E-state index in [1.54, 1.807) is 7.11 Å². The molecule has 0 spiro atoms. The number of H-pyrrole nitrogens is 1. The number of ether oxygens (including phenoxy) is 2. The Morgan fingerprint density at radius 2 is 1.89 bits per heavy atom. The van der Waals surface area contributed by atoms with Crippen molar-refractivity contribution in [2.45, 2.75) is 26.7 Å². The van der Waals surface area contributed by atoms with E-state index < -0.39 is 0 Å². The first-order valence-electron chi connectivity index (χ1n) is 12.3. The number of carbonyl (C=O) groups excluding carboxylic acids is 1. The highest BCUT2D eigenvalue weighted by atomic mass is 16.5. The van der Waals surface area contributed by atoms with Gasteiger partial charge in [-0.2, -0.15) is 0 Å².